The van der Waals surface area contributed by atoms with Crippen molar-refractivity contribution in [3.05, 3.63) is 64.2 Å². The Morgan fingerprint density at radius 2 is 1.86 bits per heavy atom. The maximum Gasteiger partial charge on any atom is 0.251 e. The normalized spacial score (nSPS) is 19.1. The number of hydrogen-bond acceptors (Lipinski definition) is 4. The van der Waals surface area contributed by atoms with Crippen molar-refractivity contribution < 1.29 is 13.2 Å². The Bertz CT molecular complexity index is 1040. The molecule has 6 nitrogen and oxygen atoms in total. The minimum Gasteiger partial charge on any atom is -0.272 e. The molecule has 2 aromatic carbocycles. The third-order valence-corrected chi connectivity index (χ3v) is 6.82. The molecule has 1 heterocycles. The summed E-state index contributed by atoms with van der Waals surface area (Å²) in [5.74, 6) is -0.553. The zero-order valence-corrected chi connectivity index (χ0v) is 16.7. The van der Waals surface area contributed by atoms with Crippen molar-refractivity contribution in [2.75, 3.05) is 6.67 Å². The number of hydrazone groups is 1. The van der Waals surface area contributed by atoms with Gasteiger partial charge in [0, 0.05) is 17.7 Å². The van der Waals surface area contributed by atoms with Crippen molar-refractivity contribution in [1.82, 2.24) is 9.73 Å². The fourth-order valence-corrected chi connectivity index (χ4v) is 4.72. The van der Waals surface area contributed by atoms with E-state index in [2.05, 4.69) is 22.0 Å². The molecule has 1 aliphatic carbocycles. The largest absolute Gasteiger partial charge is 0.272 e. The quantitative estimate of drug-likeness (QED) is 0.811. The SMILES string of the molecule is O=C1C(c2ccc3c(c2)CCC3)CC=NN1CNS(=O)(=O)c1ccc(Cl)cc1. The summed E-state index contributed by atoms with van der Waals surface area (Å²) in [6.45, 7) is -0.221. The summed E-state index contributed by atoms with van der Waals surface area (Å²) >= 11 is 5.80. The van der Waals surface area contributed by atoms with E-state index in [9.17, 15) is 13.2 Å². The number of halogens is 1. The molecule has 4 rings (SSSR count). The van der Waals surface area contributed by atoms with Gasteiger partial charge in [-0.15, -0.1) is 0 Å². The predicted molar refractivity (Wildman–Crippen MR) is 108 cm³/mol. The van der Waals surface area contributed by atoms with E-state index in [0.717, 1.165) is 24.8 Å². The van der Waals surface area contributed by atoms with Gasteiger partial charge in [0.1, 0.15) is 6.67 Å². The Hall–Kier alpha value is -2.22. The second-order valence-corrected chi connectivity index (χ2v) is 9.17. The van der Waals surface area contributed by atoms with Crippen molar-refractivity contribution in [2.24, 2.45) is 5.10 Å². The van der Waals surface area contributed by atoms with Crippen LogP contribution in [-0.4, -0.2) is 32.2 Å². The van der Waals surface area contributed by atoms with Crippen LogP contribution in [0.15, 0.2) is 52.5 Å². The van der Waals surface area contributed by atoms with Crippen molar-refractivity contribution in [2.45, 2.75) is 36.5 Å². The number of nitrogens with one attached hydrogen (secondary N) is 1. The van der Waals surface area contributed by atoms with Crippen LogP contribution in [0.2, 0.25) is 5.02 Å². The maximum atomic E-state index is 12.9. The molecule has 2 aliphatic rings. The average Bonchev–Trinajstić information content (AvgIpc) is 3.15. The number of aryl methyl sites for hydroxylation is 2. The summed E-state index contributed by atoms with van der Waals surface area (Å²) in [6.07, 6.45) is 5.46. The number of fused-ring (bicyclic) bond motifs is 1. The van der Waals surface area contributed by atoms with E-state index in [1.54, 1.807) is 6.21 Å². The minimum atomic E-state index is -3.77. The van der Waals surface area contributed by atoms with E-state index >= 15 is 0 Å². The fourth-order valence-electron chi connectivity index (χ4n) is 3.64. The molecule has 0 radical (unpaired) electrons. The maximum absolute atomic E-state index is 12.9. The summed E-state index contributed by atoms with van der Waals surface area (Å²) in [6, 6.07) is 12.1. The monoisotopic (exact) mass is 417 g/mol. The van der Waals surface area contributed by atoms with Crippen LogP contribution in [-0.2, 0) is 27.7 Å². The molecule has 0 saturated carbocycles. The van der Waals surface area contributed by atoms with Crippen LogP contribution in [0.3, 0.4) is 0 Å². The number of sulfonamides is 1. The summed E-state index contributed by atoms with van der Waals surface area (Å²) in [7, 11) is -3.77. The summed E-state index contributed by atoms with van der Waals surface area (Å²) in [5.41, 5.74) is 3.62. The van der Waals surface area contributed by atoms with Gasteiger partial charge in [0.05, 0.1) is 10.8 Å². The van der Waals surface area contributed by atoms with Gasteiger partial charge >= 0.3 is 0 Å². The van der Waals surface area contributed by atoms with Crippen molar-refractivity contribution in [1.29, 1.82) is 0 Å². The minimum absolute atomic E-state index is 0.0838. The lowest BCUT2D eigenvalue weighted by Gasteiger charge is -2.27. The molecule has 28 heavy (non-hydrogen) atoms. The van der Waals surface area contributed by atoms with Gasteiger partial charge in [-0.2, -0.15) is 9.82 Å². The Kier molecular flexibility index (Phi) is 5.23. The summed E-state index contributed by atoms with van der Waals surface area (Å²) < 4.78 is 27.3. The van der Waals surface area contributed by atoms with Crippen LogP contribution in [0.4, 0.5) is 0 Å². The molecule has 1 N–H and O–H groups in total. The second kappa shape index (κ2) is 7.66. The molecule has 0 saturated heterocycles. The number of carbonyl (C=O) groups is 1. The molecule has 1 atom stereocenters. The molecule has 0 fully saturated rings. The number of carbonyl (C=O) groups excluding carboxylic acids is 1. The number of amides is 1. The van der Waals surface area contributed by atoms with E-state index in [4.69, 9.17) is 11.6 Å². The summed E-state index contributed by atoms with van der Waals surface area (Å²) in [4.78, 5) is 13.0. The number of nitrogens with zero attached hydrogens (tertiary/aromatic N) is 2. The molecule has 1 amide bonds. The standard InChI is InChI=1S/C20H20ClN3O3S/c21-17-6-8-18(9-7-17)28(26,27)23-13-24-20(25)19(10-11-22-24)16-5-4-14-2-1-3-15(14)12-16/h4-9,11-12,19,23H,1-3,10,13H2. The highest BCUT2D eigenvalue weighted by molar-refractivity contribution is 7.89. The Labute approximate surface area is 169 Å². The first-order valence-corrected chi connectivity index (χ1v) is 11.0. The van der Waals surface area contributed by atoms with Gasteiger partial charge in [-0.05, 0) is 60.2 Å². The average molecular weight is 418 g/mol. The first kappa shape index (κ1) is 19.1. The molecule has 1 unspecified atom stereocenters. The third-order valence-electron chi connectivity index (χ3n) is 5.17. The molecular formula is C20H20ClN3O3S. The van der Waals surface area contributed by atoms with Gasteiger partial charge in [-0.3, -0.25) is 4.79 Å². The zero-order valence-electron chi connectivity index (χ0n) is 15.1. The zero-order chi connectivity index (χ0) is 19.7. The van der Waals surface area contributed by atoms with Crippen LogP contribution in [0.1, 0.15) is 35.4 Å². The van der Waals surface area contributed by atoms with Crippen molar-refractivity contribution in [3.8, 4) is 0 Å². The molecule has 1 aliphatic heterocycles. The number of hydrogen-bond donors (Lipinski definition) is 1. The lowest BCUT2D eigenvalue weighted by molar-refractivity contribution is -0.133. The van der Waals surface area contributed by atoms with Crippen LogP contribution in [0.5, 0.6) is 0 Å². The Morgan fingerprint density at radius 1 is 1.11 bits per heavy atom. The first-order chi connectivity index (χ1) is 13.4. The fraction of sp³-hybridized carbons (Fsp3) is 0.300. The second-order valence-electron chi connectivity index (χ2n) is 6.97. The van der Waals surface area contributed by atoms with Gasteiger partial charge in [-0.1, -0.05) is 29.8 Å². The highest BCUT2D eigenvalue weighted by atomic mass is 35.5. The topological polar surface area (TPSA) is 78.8 Å². The molecule has 2 aromatic rings. The van der Waals surface area contributed by atoms with Crippen LogP contribution in [0, 0.1) is 0 Å². The van der Waals surface area contributed by atoms with Crippen LogP contribution < -0.4 is 4.72 Å². The van der Waals surface area contributed by atoms with E-state index in [0.29, 0.717) is 11.4 Å². The predicted octanol–water partition coefficient (Wildman–Crippen LogP) is 3.07. The Morgan fingerprint density at radius 3 is 2.64 bits per heavy atom. The van der Waals surface area contributed by atoms with Crippen molar-refractivity contribution >= 4 is 33.7 Å². The lowest BCUT2D eigenvalue weighted by atomic mass is 9.92. The highest BCUT2D eigenvalue weighted by Crippen LogP contribution is 2.30. The molecule has 0 aromatic heterocycles. The molecule has 146 valence electrons. The van der Waals surface area contributed by atoms with Crippen molar-refractivity contribution in [3.63, 3.8) is 0 Å². The van der Waals surface area contributed by atoms with Gasteiger partial charge in [0.25, 0.3) is 5.91 Å². The van der Waals surface area contributed by atoms with E-state index < -0.39 is 10.0 Å². The van der Waals surface area contributed by atoms with Gasteiger partial charge in [0.2, 0.25) is 10.0 Å². The molecule has 8 heteroatoms. The van der Waals surface area contributed by atoms with Gasteiger partial charge < -0.3 is 0 Å². The number of benzene rings is 2. The lowest BCUT2D eigenvalue weighted by Crippen LogP contribution is -2.42. The van der Waals surface area contributed by atoms with Crippen LogP contribution >= 0.6 is 11.6 Å². The number of rotatable bonds is 5. The molecule has 0 bridgehead atoms. The van der Waals surface area contributed by atoms with E-state index in [-0.39, 0.29) is 23.4 Å². The summed E-state index contributed by atoms with van der Waals surface area (Å²) in [5, 5.41) is 5.71. The highest BCUT2D eigenvalue weighted by Gasteiger charge is 2.30. The van der Waals surface area contributed by atoms with Gasteiger partial charge in [-0.25, -0.2) is 13.4 Å². The van der Waals surface area contributed by atoms with E-state index in [1.165, 1.54) is 40.4 Å². The van der Waals surface area contributed by atoms with Crippen LogP contribution in [0.25, 0.3) is 0 Å². The van der Waals surface area contributed by atoms with E-state index in [1.807, 2.05) is 6.07 Å². The third kappa shape index (κ3) is 3.83. The first-order valence-electron chi connectivity index (χ1n) is 9.15. The molecule has 0 spiro atoms. The molecular weight excluding hydrogens is 398 g/mol. The smallest absolute Gasteiger partial charge is 0.251 e. The Balaban J connectivity index is 1.47. The van der Waals surface area contributed by atoms with Gasteiger partial charge in [0.15, 0.2) is 0 Å².